The van der Waals surface area contributed by atoms with Crippen LogP contribution in [-0.4, -0.2) is 35.6 Å². The lowest BCUT2D eigenvalue weighted by atomic mass is 9.81. The zero-order valence-electron chi connectivity index (χ0n) is 15.5. The molecule has 2 unspecified atom stereocenters. The largest absolute Gasteiger partial charge is 0.383 e. The van der Waals surface area contributed by atoms with Crippen LogP contribution in [0.25, 0.3) is 10.9 Å². The lowest BCUT2D eigenvalue weighted by Gasteiger charge is -2.41. The molecule has 3 aromatic rings. The molecule has 0 bridgehead atoms. The van der Waals surface area contributed by atoms with Gasteiger partial charge in [-0.1, -0.05) is 43.3 Å². The molecule has 4 rings (SSSR count). The maximum absolute atomic E-state index is 13.3. The van der Waals surface area contributed by atoms with Gasteiger partial charge < -0.3 is 14.2 Å². The SMILES string of the molecule is COCCN1C(=O)c2ccccc2C(C)C1c1cn(C)c2ccccc12. The first kappa shape index (κ1) is 16.9. The monoisotopic (exact) mass is 348 g/mol. The summed E-state index contributed by atoms with van der Waals surface area (Å²) in [6, 6.07) is 16.4. The topological polar surface area (TPSA) is 34.5 Å². The molecule has 4 nitrogen and oxygen atoms in total. The molecule has 0 saturated carbocycles. The smallest absolute Gasteiger partial charge is 0.254 e. The highest BCUT2D eigenvalue weighted by Gasteiger charge is 2.39. The molecule has 1 aliphatic heterocycles. The molecule has 0 fully saturated rings. The number of aryl methyl sites for hydroxylation is 1. The number of amides is 1. The van der Waals surface area contributed by atoms with E-state index in [1.165, 1.54) is 16.5 Å². The van der Waals surface area contributed by atoms with Crippen molar-refractivity contribution in [3.05, 3.63) is 71.4 Å². The number of ether oxygens (including phenoxy) is 1. The molecule has 0 saturated heterocycles. The van der Waals surface area contributed by atoms with E-state index in [2.05, 4.69) is 55.1 Å². The Morgan fingerprint density at radius 3 is 2.58 bits per heavy atom. The van der Waals surface area contributed by atoms with E-state index in [4.69, 9.17) is 4.74 Å². The Hall–Kier alpha value is -2.59. The first-order valence-electron chi connectivity index (χ1n) is 9.06. The van der Waals surface area contributed by atoms with Crippen LogP contribution in [-0.2, 0) is 11.8 Å². The van der Waals surface area contributed by atoms with Gasteiger partial charge in [-0.15, -0.1) is 0 Å². The summed E-state index contributed by atoms with van der Waals surface area (Å²) < 4.78 is 7.44. The highest BCUT2D eigenvalue weighted by atomic mass is 16.5. The molecular weight excluding hydrogens is 324 g/mol. The number of carbonyl (C=O) groups excluding carboxylic acids is 1. The molecule has 4 heteroatoms. The number of nitrogens with zero attached hydrogens (tertiary/aromatic N) is 2. The van der Waals surface area contributed by atoms with E-state index < -0.39 is 0 Å². The third-order valence-electron chi connectivity index (χ3n) is 5.53. The molecule has 134 valence electrons. The van der Waals surface area contributed by atoms with Crippen molar-refractivity contribution < 1.29 is 9.53 Å². The summed E-state index contributed by atoms with van der Waals surface area (Å²) in [6.45, 7) is 3.33. The van der Waals surface area contributed by atoms with Crippen LogP contribution in [0, 0.1) is 0 Å². The van der Waals surface area contributed by atoms with Crippen molar-refractivity contribution in [2.45, 2.75) is 18.9 Å². The number of methoxy groups -OCH3 is 1. The van der Waals surface area contributed by atoms with E-state index in [-0.39, 0.29) is 17.9 Å². The first-order valence-corrected chi connectivity index (χ1v) is 9.06. The molecule has 2 atom stereocenters. The number of para-hydroxylation sites is 1. The highest BCUT2D eigenvalue weighted by molar-refractivity contribution is 5.98. The van der Waals surface area contributed by atoms with Gasteiger partial charge in [-0.05, 0) is 17.7 Å². The minimum absolute atomic E-state index is 0.00125. The molecule has 0 aliphatic carbocycles. The second kappa shape index (κ2) is 6.61. The Bertz CT molecular complexity index is 960. The summed E-state index contributed by atoms with van der Waals surface area (Å²) in [6.07, 6.45) is 2.17. The third-order valence-corrected chi connectivity index (χ3v) is 5.53. The van der Waals surface area contributed by atoms with Crippen LogP contribution < -0.4 is 0 Å². The van der Waals surface area contributed by atoms with Gasteiger partial charge in [0.2, 0.25) is 0 Å². The van der Waals surface area contributed by atoms with Crippen molar-refractivity contribution in [2.75, 3.05) is 20.3 Å². The van der Waals surface area contributed by atoms with E-state index in [9.17, 15) is 4.79 Å². The average Bonchev–Trinajstić information content (AvgIpc) is 3.00. The van der Waals surface area contributed by atoms with Crippen LogP contribution >= 0.6 is 0 Å². The Morgan fingerprint density at radius 2 is 1.77 bits per heavy atom. The zero-order chi connectivity index (χ0) is 18.3. The maximum atomic E-state index is 13.3. The summed E-state index contributed by atoms with van der Waals surface area (Å²) in [4.78, 5) is 15.2. The number of carbonyl (C=O) groups is 1. The molecule has 0 radical (unpaired) electrons. The Balaban J connectivity index is 1.90. The molecule has 2 aromatic carbocycles. The molecular formula is C22H24N2O2. The summed E-state index contributed by atoms with van der Waals surface area (Å²) in [5.74, 6) is 0.306. The van der Waals surface area contributed by atoms with Gasteiger partial charge in [0.05, 0.1) is 12.6 Å². The molecule has 26 heavy (non-hydrogen) atoms. The Morgan fingerprint density at radius 1 is 1.04 bits per heavy atom. The van der Waals surface area contributed by atoms with Crippen molar-refractivity contribution in [3.8, 4) is 0 Å². The minimum atomic E-state index is -0.00125. The van der Waals surface area contributed by atoms with E-state index in [1.54, 1.807) is 7.11 Å². The fourth-order valence-corrected chi connectivity index (χ4v) is 4.29. The fourth-order valence-electron chi connectivity index (χ4n) is 4.29. The second-order valence-electron chi connectivity index (χ2n) is 7.02. The normalized spacial score (nSPS) is 19.8. The Kier molecular flexibility index (Phi) is 4.29. The van der Waals surface area contributed by atoms with Gasteiger partial charge in [0.25, 0.3) is 5.91 Å². The van der Waals surface area contributed by atoms with Crippen LogP contribution in [0.2, 0.25) is 0 Å². The number of hydrogen-bond acceptors (Lipinski definition) is 2. The van der Waals surface area contributed by atoms with Crippen LogP contribution in [0.3, 0.4) is 0 Å². The summed E-state index contributed by atoms with van der Waals surface area (Å²) in [5, 5.41) is 1.21. The minimum Gasteiger partial charge on any atom is -0.383 e. The van der Waals surface area contributed by atoms with Gasteiger partial charge in [-0.2, -0.15) is 0 Å². The van der Waals surface area contributed by atoms with Crippen LogP contribution in [0.15, 0.2) is 54.7 Å². The van der Waals surface area contributed by atoms with Gasteiger partial charge in [-0.25, -0.2) is 0 Å². The number of fused-ring (bicyclic) bond motifs is 2. The van der Waals surface area contributed by atoms with E-state index in [1.807, 2.05) is 23.1 Å². The van der Waals surface area contributed by atoms with E-state index in [0.717, 1.165) is 11.1 Å². The van der Waals surface area contributed by atoms with Crippen molar-refractivity contribution in [3.63, 3.8) is 0 Å². The lowest BCUT2D eigenvalue weighted by molar-refractivity contribution is 0.0534. The molecule has 0 spiro atoms. The predicted molar refractivity (Wildman–Crippen MR) is 103 cm³/mol. The van der Waals surface area contributed by atoms with Crippen molar-refractivity contribution in [2.24, 2.45) is 7.05 Å². The maximum Gasteiger partial charge on any atom is 0.254 e. The van der Waals surface area contributed by atoms with Gasteiger partial charge in [0.15, 0.2) is 0 Å². The summed E-state index contributed by atoms with van der Waals surface area (Å²) in [7, 11) is 3.74. The van der Waals surface area contributed by atoms with Crippen LogP contribution in [0.1, 0.15) is 40.4 Å². The van der Waals surface area contributed by atoms with Gasteiger partial charge in [0, 0.05) is 54.8 Å². The zero-order valence-corrected chi connectivity index (χ0v) is 15.5. The van der Waals surface area contributed by atoms with Gasteiger partial charge in [0.1, 0.15) is 0 Å². The van der Waals surface area contributed by atoms with Gasteiger partial charge in [-0.3, -0.25) is 4.79 Å². The van der Waals surface area contributed by atoms with Crippen LogP contribution in [0.5, 0.6) is 0 Å². The number of benzene rings is 2. The van der Waals surface area contributed by atoms with E-state index in [0.29, 0.717) is 13.2 Å². The highest BCUT2D eigenvalue weighted by Crippen LogP contribution is 2.44. The quantitative estimate of drug-likeness (QED) is 0.711. The fraction of sp³-hybridized carbons (Fsp3) is 0.318. The van der Waals surface area contributed by atoms with Crippen LogP contribution in [0.4, 0.5) is 0 Å². The number of hydrogen-bond donors (Lipinski definition) is 0. The molecule has 1 amide bonds. The average molecular weight is 348 g/mol. The first-order chi connectivity index (χ1) is 12.6. The Labute approximate surface area is 154 Å². The standard InChI is InChI=1S/C22H24N2O2/c1-15-16-8-4-5-10-18(16)22(25)24(12-13-26-3)21(15)19-14-23(2)20-11-7-6-9-17(19)20/h4-11,14-15,21H,12-13H2,1-3H3. The van der Waals surface area contributed by atoms with Crippen molar-refractivity contribution >= 4 is 16.8 Å². The predicted octanol–water partition coefficient (Wildman–Crippen LogP) is 4.13. The van der Waals surface area contributed by atoms with E-state index >= 15 is 0 Å². The summed E-state index contributed by atoms with van der Waals surface area (Å²) >= 11 is 0. The molecule has 1 aromatic heterocycles. The number of rotatable bonds is 4. The molecule has 2 heterocycles. The van der Waals surface area contributed by atoms with Crippen molar-refractivity contribution in [1.82, 2.24) is 9.47 Å². The number of aromatic nitrogens is 1. The third kappa shape index (κ3) is 2.53. The lowest BCUT2D eigenvalue weighted by Crippen LogP contribution is -2.43. The molecule has 1 aliphatic rings. The second-order valence-corrected chi connectivity index (χ2v) is 7.02. The van der Waals surface area contributed by atoms with Crippen molar-refractivity contribution in [1.29, 1.82) is 0 Å². The summed E-state index contributed by atoms with van der Waals surface area (Å²) in [5.41, 5.74) is 4.33. The van der Waals surface area contributed by atoms with Gasteiger partial charge >= 0.3 is 0 Å². The molecule has 0 N–H and O–H groups in total.